The Labute approximate surface area is 121 Å². The van der Waals surface area contributed by atoms with E-state index in [1.54, 1.807) is 14.2 Å². The van der Waals surface area contributed by atoms with E-state index in [0.717, 1.165) is 50.7 Å². The zero-order valence-electron chi connectivity index (χ0n) is 12.8. The number of hydrogen-bond acceptors (Lipinski definition) is 6. The molecule has 114 valence electrons. The summed E-state index contributed by atoms with van der Waals surface area (Å²) in [4.78, 5) is 11.1. The standard InChI is InChI=1S/C14H26N4O2/c1-4-15-10-13-11-17-14(12-16-13)18(7-9-20-3)6-5-8-19-2/h11-12,15H,4-10H2,1-3H3. The number of hydrogen-bond donors (Lipinski definition) is 1. The lowest BCUT2D eigenvalue weighted by Crippen LogP contribution is -2.30. The second kappa shape index (κ2) is 10.5. The SMILES string of the molecule is CCNCc1cnc(N(CCCOC)CCOC)cn1. The summed E-state index contributed by atoms with van der Waals surface area (Å²) in [6, 6.07) is 0. The van der Waals surface area contributed by atoms with Crippen LogP contribution in [0.15, 0.2) is 12.4 Å². The minimum atomic E-state index is 0.674. The van der Waals surface area contributed by atoms with Gasteiger partial charge in [0.25, 0.3) is 0 Å². The molecule has 0 aromatic carbocycles. The van der Waals surface area contributed by atoms with Crippen LogP contribution in [0.1, 0.15) is 19.0 Å². The number of methoxy groups -OCH3 is 2. The first-order chi connectivity index (χ1) is 9.81. The average Bonchev–Trinajstić information content (AvgIpc) is 2.49. The number of rotatable bonds is 11. The van der Waals surface area contributed by atoms with Crippen molar-refractivity contribution in [2.24, 2.45) is 0 Å². The Morgan fingerprint density at radius 2 is 1.90 bits per heavy atom. The van der Waals surface area contributed by atoms with E-state index in [4.69, 9.17) is 9.47 Å². The molecule has 1 rings (SSSR count). The van der Waals surface area contributed by atoms with Crippen LogP contribution in [0.5, 0.6) is 0 Å². The molecule has 0 amide bonds. The van der Waals surface area contributed by atoms with Gasteiger partial charge >= 0.3 is 0 Å². The molecule has 0 radical (unpaired) electrons. The summed E-state index contributed by atoms with van der Waals surface area (Å²) in [5, 5.41) is 3.24. The van der Waals surface area contributed by atoms with Crippen LogP contribution >= 0.6 is 0 Å². The highest BCUT2D eigenvalue weighted by Crippen LogP contribution is 2.09. The number of nitrogens with one attached hydrogen (secondary N) is 1. The molecule has 0 spiro atoms. The topological polar surface area (TPSA) is 59.5 Å². The predicted octanol–water partition coefficient (Wildman–Crippen LogP) is 1.08. The molecule has 1 N–H and O–H groups in total. The first-order valence-electron chi connectivity index (χ1n) is 7.06. The van der Waals surface area contributed by atoms with Gasteiger partial charge in [-0.3, -0.25) is 4.98 Å². The number of nitrogens with zero attached hydrogens (tertiary/aromatic N) is 3. The molecule has 6 nitrogen and oxygen atoms in total. The Bertz CT molecular complexity index is 346. The average molecular weight is 282 g/mol. The third kappa shape index (κ3) is 6.27. The van der Waals surface area contributed by atoms with Gasteiger partial charge in [-0.05, 0) is 13.0 Å². The van der Waals surface area contributed by atoms with E-state index < -0.39 is 0 Å². The lowest BCUT2D eigenvalue weighted by atomic mass is 10.3. The monoisotopic (exact) mass is 282 g/mol. The maximum Gasteiger partial charge on any atom is 0.147 e. The summed E-state index contributed by atoms with van der Waals surface area (Å²) < 4.78 is 10.2. The molecule has 1 heterocycles. The highest BCUT2D eigenvalue weighted by atomic mass is 16.5. The molecule has 20 heavy (non-hydrogen) atoms. The summed E-state index contributed by atoms with van der Waals surface area (Å²) in [6.45, 7) is 6.87. The van der Waals surface area contributed by atoms with Crippen molar-refractivity contribution in [2.75, 3.05) is 52.0 Å². The van der Waals surface area contributed by atoms with E-state index in [-0.39, 0.29) is 0 Å². The number of aromatic nitrogens is 2. The van der Waals surface area contributed by atoms with Crippen molar-refractivity contribution in [2.45, 2.75) is 19.9 Å². The van der Waals surface area contributed by atoms with Gasteiger partial charge in [0.1, 0.15) is 5.82 Å². The Balaban J connectivity index is 2.58. The summed E-state index contributed by atoms with van der Waals surface area (Å²) in [7, 11) is 3.42. The molecular weight excluding hydrogens is 256 g/mol. The van der Waals surface area contributed by atoms with Crippen LogP contribution < -0.4 is 10.2 Å². The fraction of sp³-hybridized carbons (Fsp3) is 0.714. The Kier molecular flexibility index (Phi) is 8.86. The first kappa shape index (κ1) is 16.8. The lowest BCUT2D eigenvalue weighted by molar-refractivity contribution is 0.191. The van der Waals surface area contributed by atoms with Crippen molar-refractivity contribution in [3.63, 3.8) is 0 Å². The van der Waals surface area contributed by atoms with Crippen LogP contribution in [0.4, 0.5) is 5.82 Å². The number of anilines is 1. The molecule has 0 saturated carbocycles. The van der Waals surface area contributed by atoms with Gasteiger partial charge in [0, 0.05) is 40.5 Å². The molecule has 0 unspecified atom stereocenters. The van der Waals surface area contributed by atoms with Gasteiger partial charge in [0.05, 0.1) is 24.7 Å². The Hall–Kier alpha value is -1.24. The molecule has 0 aliphatic carbocycles. The molecule has 0 aliphatic heterocycles. The van der Waals surface area contributed by atoms with Gasteiger partial charge in [-0.1, -0.05) is 6.92 Å². The van der Waals surface area contributed by atoms with Crippen LogP contribution in [0.3, 0.4) is 0 Å². The van der Waals surface area contributed by atoms with Crippen LogP contribution in [-0.2, 0) is 16.0 Å². The predicted molar refractivity (Wildman–Crippen MR) is 80.0 cm³/mol. The van der Waals surface area contributed by atoms with E-state index in [1.807, 2.05) is 12.4 Å². The van der Waals surface area contributed by atoms with E-state index in [0.29, 0.717) is 6.61 Å². The summed E-state index contributed by atoms with van der Waals surface area (Å²) in [5.41, 5.74) is 0.958. The Morgan fingerprint density at radius 1 is 1.10 bits per heavy atom. The van der Waals surface area contributed by atoms with Gasteiger partial charge in [-0.25, -0.2) is 4.98 Å². The van der Waals surface area contributed by atoms with Crippen LogP contribution in [0.25, 0.3) is 0 Å². The van der Waals surface area contributed by atoms with Crippen molar-refractivity contribution in [3.8, 4) is 0 Å². The second-order valence-electron chi connectivity index (χ2n) is 4.47. The van der Waals surface area contributed by atoms with Crippen LogP contribution in [0, 0.1) is 0 Å². The highest BCUT2D eigenvalue weighted by molar-refractivity contribution is 5.35. The van der Waals surface area contributed by atoms with Crippen LogP contribution in [-0.4, -0.2) is 57.0 Å². The van der Waals surface area contributed by atoms with E-state index in [9.17, 15) is 0 Å². The number of ether oxygens (including phenoxy) is 2. The van der Waals surface area contributed by atoms with Gasteiger partial charge in [-0.2, -0.15) is 0 Å². The highest BCUT2D eigenvalue weighted by Gasteiger charge is 2.08. The van der Waals surface area contributed by atoms with E-state index >= 15 is 0 Å². The van der Waals surface area contributed by atoms with Crippen molar-refractivity contribution in [1.29, 1.82) is 0 Å². The smallest absolute Gasteiger partial charge is 0.147 e. The van der Waals surface area contributed by atoms with Crippen molar-refractivity contribution in [3.05, 3.63) is 18.1 Å². The molecule has 0 saturated heterocycles. The molecule has 0 atom stereocenters. The molecule has 0 bridgehead atoms. The fourth-order valence-electron chi connectivity index (χ4n) is 1.80. The van der Waals surface area contributed by atoms with Crippen molar-refractivity contribution in [1.82, 2.24) is 15.3 Å². The molecule has 6 heteroatoms. The van der Waals surface area contributed by atoms with Gasteiger partial charge in [0.15, 0.2) is 0 Å². The summed E-state index contributed by atoms with van der Waals surface area (Å²) in [5.74, 6) is 0.887. The first-order valence-corrected chi connectivity index (χ1v) is 7.06. The van der Waals surface area contributed by atoms with Gasteiger partial charge < -0.3 is 19.7 Å². The second-order valence-corrected chi connectivity index (χ2v) is 4.47. The quantitative estimate of drug-likeness (QED) is 0.613. The molecular formula is C14H26N4O2. The van der Waals surface area contributed by atoms with Crippen molar-refractivity contribution < 1.29 is 9.47 Å². The molecule has 0 aliphatic rings. The largest absolute Gasteiger partial charge is 0.385 e. The summed E-state index contributed by atoms with van der Waals surface area (Å²) in [6.07, 6.45) is 4.62. The maximum absolute atomic E-state index is 5.15. The molecule has 1 aromatic heterocycles. The van der Waals surface area contributed by atoms with E-state index in [2.05, 4.69) is 27.1 Å². The van der Waals surface area contributed by atoms with Gasteiger partial charge in [0.2, 0.25) is 0 Å². The molecule has 1 aromatic rings. The van der Waals surface area contributed by atoms with Crippen LogP contribution in [0.2, 0.25) is 0 Å². The zero-order valence-corrected chi connectivity index (χ0v) is 12.8. The normalized spacial score (nSPS) is 10.8. The maximum atomic E-state index is 5.15. The summed E-state index contributed by atoms with van der Waals surface area (Å²) >= 11 is 0. The Morgan fingerprint density at radius 3 is 2.50 bits per heavy atom. The van der Waals surface area contributed by atoms with E-state index in [1.165, 1.54) is 0 Å². The van der Waals surface area contributed by atoms with Crippen molar-refractivity contribution >= 4 is 5.82 Å². The minimum Gasteiger partial charge on any atom is -0.385 e. The zero-order chi connectivity index (χ0) is 14.6. The molecule has 0 fully saturated rings. The third-order valence-electron chi connectivity index (χ3n) is 2.91. The minimum absolute atomic E-state index is 0.674. The van der Waals surface area contributed by atoms with Gasteiger partial charge in [-0.15, -0.1) is 0 Å². The fourth-order valence-corrected chi connectivity index (χ4v) is 1.80. The third-order valence-corrected chi connectivity index (χ3v) is 2.91. The lowest BCUT2D eigenvalue weighted by Gasteiger charge is -2.23.